The van der Waals surface area contributed by atoms with Gasteiger partial charge in [0.2, 0.25) is 0 Å². The van der Waals surface area contributed by atoms with E-state index < -0.39 is 11.7 Å². The van der Waals surface area contributed by atoms with Crippen LogP contribution in [-0.4, -0.2) is 27.6 Å². The maximum absolute atomic E-state index is 12.9. The van der Waals surface area contributed by atoms with Gasteiger partial charge in [0, 0.05) is 44.1 Å². The summed E-state index contributed by atoms with van der Waals surface area (Å²) in [6, 6.07) is 2.40. The first-order chi connectivity index (χ1) is 9.95. The fourth-order valence-corrected chi connectivity index (χ4v) is 2.60. The molecule has 3 rings (SSSR count). The van der Waals surface area contributed by atoms with Gasteiger partial charge in [-0.25, -0.2) is 9.97 Å². The zero-order valence-corrected chi connectivity index (χ0v) is 11.5. The van der Waals surface area contributed by atoms with Crippen LogP contribution in [0.1, 0.15) is 11.4 Å². The summed E-state index contributed by atoms with van der Waals surface area (Å²) in [6.45, 7) is 3.85. The second-order valence-corrected chi connectivity index (χ2v) is 5.27. The number of anilines is 1. The Morgan fingerprint density at radius 1 is 1.24 bits per heavy atom. The van der Waals surface area contributed by atoms with Crippen LogP contribution in [0.25, 0.3) is 0 Å². The molecule has 1 aliphatic rings. The Balaban J connectivity index is 1.68. The first-order valence-corrected chi connectivity index (χ1v) is 6.70. The monoisotopic (exact) mass is 296 g/mol. The minimum Gasteiger partial charge on any atom is -0.355 e. The van der Waals surface area contributed by atoms with Crippen molar-refractivity contribution in [2.45, 2.75) is 19.6 Å². The predicted molar refractivity (Wildman–Crippen MR) is 71.9 cm³/mol. The van der Waals surface area contributed by atoms with Gasteiger partial charge >= 0.3 is 6.18 Å². The first-order valence-electron chi connectivity index (χ1n) is 6.70. The van der Waals surface area contributed by atoms with E-state index in [0.29, 0.717) is 19.0 Å². The number of rotatable bonds is 3. The number of alkyl halides is 3. The second kappa shape index (κ2) is 5.05. The van der Waals surface area contributed by atoms with Gasteiger partial charge in [-0.2, -0.15) is 13.2 Å². The van der Waals surface area contributed by atoms with E-state index in [-0.39, 0.29) is 5.82 Å². The minimum absolute atomic E-state index is 0.0311. The van der Waals surface area contributed by atoms with Crippen molar-refractivity contribution in [1.82, 2.24) is 14.5 Å². The third kappa shape index (κ3) is 2.72. The van der Waals surface area contributed by atoms with Crippen molar-refractivity contribution in [2.75, 3.05) is 18.0 Å². The Morgan fingerprint density at radius 2 is 2.00 bits per heavy atom. The highest BCUT2D eigenvalue weighted by Gasteiger charge is 2.38. The molecule has 0 N–H and O–H groups in total. The van der Waals surface area contributed by atoms with Gasteiger partial charge in [-0.1, -0.05) is 0 Å². The van der Waals surface area contributed by atoms with Gasteiger partial charge in [0.05, 0.1) is 5.56 Å². The number of imidazole rings is 1. The van der Waals surface area contributed by atoms with Crippen molar-refractivity contribution in [3.05, 3.63) is 42.1 Å². The fraction of sp³-hybridized carbons (Fsp3) is 0.429. The first kappa shape index (κ1) is 13.9. The van der Waals surface area contributed by atoms with Gasteiger partial charge < -0.3 is 9.47 Å². The van der Waals surface area contributed by atoms with E-state index in [9.17, 15) is 13.2 Å². The number of nitrogens with zero attached hydrogens (tertiary/aromatic N) is 4. The van der Waals surface area contributed by atoms with Crippen LogP contribution >= 0.6 is 0 Å². The Hall–Kier alpha value is -2.05. The molecule has 0 saturated carbocycles. The Kier molecular flexibility index (Phi) is 3.35. The predicted octanol–water partition coefficient (Wildman–Crippen LogP) is 2.74. The average Bonchev–Trinajstić information content (AvgIpc) is 2.78. The van der Waals surface area contributed by atoms with Crippen LogP contribution in [0.5, 0.6) is 0 Å². The summed E-state index contributed by atoms with van der Waals surface area (Å²) in [4.78, 5) is 9.72. The lowest BCUT2D eigenvalue weighted by Crippen LogP contribution is -2.49. The SMILES string of the molecule is Cc1nccn1CC1CN(c2ncccc2C(F)(F)F)C1. The largest absolute Gasteiger partial charge is 0.419 e. The van der Waals surface area contributed by atoms with E-state index in [1.807, 2.05) is 17.7 Å². The molecule has 0 amide bonds. The van der Waals surface area contributed by atoms with Crippen LogP contribution in [0.2, 0.25) is 0 Å². The summed E-state index contributed by atoms with van der Waals surface area (Å²) < 4.78 is 40.9. The molecule has 0 aliphatic carbocycles. The molecule has 112 valence electrons. The van der Waals surface area contributed by atoms with Crippen LogP contribution < -0.4 is 4.90 Å². The molecular weight excluding hydrogens is 281 g/mol. The molecule has 0 bridgehead atoms. The summed E-state index contributed by atoms with van der Waals surface area (Å²) in [5.74, 6) is 1.27. The zero-order valence-electron chi connectivity index (χ0n) is 11.5. The molecule has 7 heteroatoms. The molecule has 0 spiro atoms. The van der Waals surface area contributed by atoms with Gasteiger partial charge in [-0.3, -0.25) is 0 Å². The summed E-state index contributed by atoms with van der Waals surface area (Å²) in [6.07, 6.45) is 0.652. The molecule has 1 fully saturated rings. The molecule has 1 aliphatic heterocycles. The minimum atomic E-state index is -4.37. The van der Waals surface area contributed by atoms with E-state index in [1.165, 1.54) is 12.3 Å². The maximum atomic E-state index is 12.9. The molecule has 0 unspecified atom stereocenters. The molecule has 4 nitrogen and oxygen atoms in total. The summed E-state index contributed by atoms with van der Waals surface area (Å²) in [5, 5.41) is 0. The van der Waals surface area contributed by atoms with Crippen molar-refractivity contribution >= 4 is 5.82 Å². The number of aryl methyl sites for hydroxylation is 1. The number of pyridine rings is 1. The van der Waals surface area contributed by atoms with Crippen LogP contribution in [0, 0.1) is 12.8 Å². The lowest BCUT2D eigenvalue weighted by atomic mass is 9.99. The lowest BCUT2D eigenvalue weighted by Gasteiger charge is -2.41. The Morgan fingerprint density at radius 3 is 2.62 bits per heavy atom. The highest BCUT2D eigenvalue weighted by molar-refractivity contribution is 5.50. The van der Waals surface area contributed by atoms with Gasteiger partial charge in [0.25, 0.3) is 0 Å². The summed E-state index contributed by atoms with van der Waals surface area (Å²) >= 11 is 0. The number of hydrogen-bond donors (Lipinski definition) is 0. The zero-order chi connectivity index (χ0) is 15.0. The molecule has 0 aromatic carbocycles. The normalized spacial score (nSPS) is 16.1. The topological polar surface area (TPSA) is 34.0 Å². The van der Waals surface area contributed by atoms with Crippen molar-refractivity contribution in [1.29, 1.82) is 0 Å². The van der Waals surface area contributed by atoms with Gasteiger partial charge in [-0.05, 0) is 19.1 Å². The molecule has 2 aromatic heterocycles. The highest BCUT2D eigenvalue weighted by Crippen LogP contribution is 2.37. The standard InChI is InChI=1S/C14H15F3N4/c1-10-18-5-6-20(10)7-11-8-21(9-11)13-12(14(15,16)17)3-2-4-19-13/h2-6,11H,7-9H2,1H3. The van der Waals surface area contributed by atoms with Gasteiger partial charge in [0.15, 0.2) is 0 Å². The van der Waals surface area contributed by atoms with E-state index >= 15 is 0 Å². The van der Waals surface area contributed by atoms with Crippen LogP contribution in [0.3, 0.4) is 0 Å². The highest BCUT2D eigenvalue weighted by atomic mass is 19.4. The van der Waals surface area contributed by atoms with E-state index in [2.05, 4.69) is 9.97 Å². The van der Waals surface area contributed by atoms with Crippen LogP contribution in [0.4, 0.5) is 19.0 Å². The van der Waals surface area contributed by atoms with E-state index in [4.69, 9.17) is 0 Å². The van der Waals surface area contributed by atoms with Crippen LogP contribution in [0.15, 0.2) is 30.7 Å². The maximum Gasteiger partial charge on any atom is 0.419 e. The molecule has 21 heavy (non-hydrogen) atoms. The number of halogens is 3. The van der Waals surface area contributed by atoms with Crippen molar-refractivity contribution < 1.29 is 13.2 Å². The molecule has 2 aromatic rings. The number of hydrogen-bond acceptors (Lipinski definition) is 3. The number of aromatic nitrogens is 3. The van der Waals surface area contributed by atoms with Crippen LogP contribution in [-0.2, 0) is 12.7 Å². The molecular formula is C14H15F3N4. The Bertz CT molecular complexity index is 629. The average molecular weight is 296 g/mol. The quantitative estimate of drug-likeness (QED) is 0.873. The third-order valence-corrected chi connectivity index (χ3v) is 3.73. The smallest absolute Gasteiger partial charge is 0.355 e. The van der Waals surface area contributed by atoms with Crippen molar-refractivity contribution in [2.24, 2.45) is 5.92 Å². The van der Waals surface area contributed by atoms with E-state index in [0.717, 1.165) is 18.4 Å². The fourth-order valence-electron chi connectivity index (χ4n) is 2.60. The lowest BCUT2D eigenvalue weighted by molar-refractivity contribution is -0.137. The Labute approximate surface area is 120 Å². The molecule has 1 saturated heterocycles. The van der Waals surface area contributed by atoms with Crippen molar-refractivity contribution in [3.8, 4) is 0 Å². The summed E-state index contributed by atoms with van der Waals surface area (Å²) in [5.41, 5.74) is -0.665. The molecule has 0 atom stereocenters. The molecule has 0 radical (unpaired) electrons. The summed E-state index contributed by atoms with van der Waals surface area (Å²) in [7, 11) is 0. The van der Waals surface area contributed by atoms with E-state index in [1.54, 1.807) is 11.1 Å². The van der Waals surface area contributed by atoms with Gasteiger partial charge in [-0.15, -0.1) is 0 Å². The third-order valence-electron chi connectivity index (χ3n) is 3.73. The molecule has 3 heterocycles. The second-order valence-electron chi connectivity index (χ2n) is 5.27. The van der Waals surface area contributed by atoms with Gasteiger partial charge in [0.1, 0.15) is 11.6 Å². The van der Waals surface area contributed by atoms with Crippen molar-refractivity contribution in [3.63, 3.8) is 0 Å².